The van der Waals surface area contributed by atoms with Crippen molar-refractivity contribution in [3.63, 3.8) is 0 Å². The summed E-state index contributed by atoms with van der Waals surface area (Å²) in [6.07, 6.45) is 0. The predicted molar refractivity (Wildman–Crippen MR) is 101 cm³/mol. The van der Waals surface area contributed by atoms with Crippen LogP contribution >= 0.6 is 11.8 Å². The van der Waals surface area contributed by atoms with Gasteiger partial charge in [0.1, 0.15) is 0 Å². The number of nitrogens with one attached hydrogen (secondary N) is 1. The van der Waals surface area contributed by atoms with E-state index < -0.39 is 0 Å². The van der Waals surface area contributed by atoms with Gasteiger partial charge in [-0.25, -0.2) is 0 Å². The topological polar surface area (TPSA) is 81.4 Å². The Morgan fingerprint density at radius 2 is 1.96 bits per heavy atom. The van der Waals surface area contributed by atoms with Crippen LogP contribution in [-0.2, 0) is 6.54 Å². The van der Waals surface area contributed by atoms with Crippen LogP contribution in [0.5, 0.6) is 5.88 Å². The van der Waals surface area contributed by atoms with Gasteiger partial charge < -0.3 is 10.1 Å². The minimum absolute atomic E-state index is 0.163. The minimum atomic E-state index is -0.163. The van der Waals surface area contributed by atoms with Gasteiger partial charge in [0.15, 0.2) is 11.5 Å². The van der Waals surface area contributed by atoms with E-state index in [4.69, 9.17) is 4.74 Å². The largest absolute Gasteiger partial charge is 0.477 e. The molecule has 1 aromatic carbocycles. The standard InChI is InChI=1S/C18H21N5O2S/c1-4-25-17-10-9-15-20-21-16(23(15)22-17)11-19-18(24)13-5-7-14(8-6-13)26-12(2)3/h5-10,12H,4,11H2,1-3H3,(H,19,24). The van der Waals surface area contributed by atoms with Crippen molar-refractivity contribution in [1.82, 2.24) is 25.1 Å². The van der Waals surface area contributed by atoms with Gasteiger partial charge in [-0.05, 0) is 37.3 Å². The smallest absolute Gasteiger partial charge is 0.251 e. The first-order chi connectivity index (χ1) is 12.6. The zero-order valence-corrected chi connectivity index (χ0v) is 15.8. The van der Waals surface area contributed by atoms with Gasteiger partial charge in [0.05, 0.1) is 13.2 Å². The molecule has 1 amide bonds. The molecule has 1 N–H and O–H groups in total. The van der Waals surface area contributed by atoms with Crippen molar-refractivity contribution >= 4 is 23.3 Å². The molecule has 2 aromatic heterocycles. The normalized spacial score (nSPS) is 11.1. The molecule has 0 spiro atoms. The number of aromatic nitrogens is 4. The van der Waals surface area contributed by atoms with Gasteiger partial charge in [-0.3, -0.25) is 4.79 Å². The van der Waals surface area contributed by atoms with Gasteiger partial charge in [-0.1, -0.05) is 13.8 Å². The summed E-state index contributed by atoms with van der Waals surface area (Å²) in [4.78, 5) is 13.5. The van der Waals surface area contributed by atoms with E-state index in [2.05, 4.69) is 34.5 Å². The molecule has 7 nitrogen and oxygen atoms in total. The Labute approximate surface area is 156 Å². The van der Waals surface area contributed by atoms with E-state index in [1.165, 1.54) is 0 Å². The fourth-order valence-corrected chi connectivity index (χ4v) is 3.21. The summed E-state index contributed by atoms with van der Waals surface area (Å²) in [5.74, 6) is 0.872. The minimum Gasteiger partial charge on any atom is -0.477 e. The van der Waals surface area contributed by atoms with Crippen molar-refractivity contribution in [2.45, 2.75) is 37.5 Å². The number of thioether (sulfide) groups is 1. The molecule has 3 rings (SSSR count). The van der Waals surface area contributed by atoms with E-state index in [9.17, 15) is 4.79 Å². The molecule has 3 aromatic rings. The number of ether oxygens (including phenoxy) is 1. The van der Waals surface area contributed by atoms with Crippen molar-refractivity contribution in [1.29, 1.82) is 0 Å². The quantitative estimate of drug-likeness (QED) is 0.643. The van der Waals surface area contributed by atoms with Crippen LogP contribution in [0.1, 0.15) is 37.0 Å². The molecule has 0 atom stereocenters. The van der Waals surface area contributed by atoms with Crippen molar-refractivity contribution in [3.8, 4) is 5.88 Å². The van der Waals surface area contributed by atoms with Crippen molar-refractivity contribution in [3.05, 3.63) is 47.8 Å². The number of amides is 1. The summed E-state index contributed by atoms with van der Waals surface area (Å²) in [5.41, 5.74) is 1.21. The Bertz CT molecular complexity index is 892. The number of fused-ring (bicyclic) bond motifs is 1. The Morgan fingerprint density at radius 1 is 1.19 bits per heavy atom. The molecule has 0 unspecified atom stereocenters. The number of nitrogens with zero attached hydrogens (tertiary/aromatic N) is 4. The summed E-state index contributed by atoms with van der Waals surface area (Å²) in [6, 6.07) is 11.1. The van der Waals surface area contributed by atoms with E-state index in [1.54, 1.807) is 28.4 Å². The summed E-state index contributed by atoms with van der Waals surface area (Å²) in [6.45, 7) is 6.92. The summed E-state index contributed by atoms with van der Waals surface area (Å²) in [5, 5.41) is 15.8. The predicted octanol–water partition coefficient (Wildman–Crippen LogP) is 2.95. The van der Waals surface area contributed by atoms with Crippen LogP contribution < -0.4 is 10.1 Å². The lowest BCUT2D eigenvalue weighted by Crippen LogP contribution is -2.24. The van der Waals surface area contributed by atoms with E-state index in [0.717, 1.165) is 4.90 Å². The molecule has 0 saturated heterocycles. The highest BCUT2D eigenvalue weighted by Crippen LogP contribution is 2.22. The molecule has 0 bridgehead atoms. The van der Waals surface area contributed by atoms with Crippen LogP contribution in [0.15, 0.2) is 41.3 Å². The van der Waals surface area contributed by atoms with Crippen LogP contribution in [0.3, 0.4) is 0 Å². The van der Waals surface area contributed by atoms with Crippen molar-refractivity contribution < 1.29 is 9.53 Å². The third kappa shape index (κ3) is 4.32. The fourth-order valence-electron chi connectivity index (χ4n) is 2.37. The van der Waals surface area contributed by atoms with E-state index in [0.29, 0.717) is 34.8 Å². The third-order valence-electron chi connectivity index (χ3n) is 3.49. The summed E-state index contributed by atoms with van der Waals surface area (Å²) in [7, 11) is 0. The van der Waals surface area contributed by atoms with E-state index in [1.807, 2.05) is 31.2 Å². The maximum Gasteiger partial charge on any atom is 0.251 e. The third-order valence-corrected chi connectivity index (χ3v) is 4.51. The van der Waals surface area contributed by atoms with Gasteiger partial charge in [0, 0.05) is 21.8 Å². The number of hydrogen-bond acceptors (Lipinski definition) is 6. The number of rotatable bonds is 7. The Kier molecular flexibility index (Phi) is 5.72. The molecule has 0 aliphatic heterocycles. The van der Waals surface area contributed by atoms with Gasteiger partial charge in [-0.2, -0.15) is 4.52 Å². The Hall–Kier alpha value is -2.61. The van der Waals surface area contributed by atoms with Crippen LogP contribution in [0, 0.1) is 0 Å². The molecule has 2 heterocycles. The van der Waals surface area contributed by atoms with Gasteiger partial charge in [0.2, 0.25) is 5.88 Å². The van der Waals surface area contributed by atoms with E-state index in [-0.39, 0.29) is 12.5 Å². The first kappa shape index (κ1) is 18.2. The molecule has 0 saturated carbocycles. The highest BCUT2D eigenvalue weighted by Gasteiger charge is 2.11. The second kappa shape index (κ2) is 8.18. The second-order valence-electron chi connectivity index (χ2n) is 5.86. The fraction of sp³-hybridized carbons (Fsp3) is 0.333. The molecule has 0 aliphatic carbocycles. The number of hydrogen-bond donors (Lipinski definition) is 1. The SMILES string of the molecule is CCOc1ccc2nnc(CNC(=O)c3ccc(SC(C)C)cc3)n2n1. The molecule has 8 heteroatoms. The highest BCUT2D eigenvalue weighted by molar-refractivity contribution is 7.99. The first-order valence-corrected chi connectivity index (χ1v) is 9.34. The van der Waals surface area contributed by atoms with Gasteiger partial charge in [0.25, 0.3) is 5.91 Å². The lowest BCUT2D eigenvalue weighted by molar-refractivity contribution is 0.0949. The Balaban J connectivity index is 1.67. The zero-order chi connectivity index (χ0) is 18.5. The number of benzene rings is 1. The molecular formula is C18H21N5O2S. The van der Waals surface area contributed by atoms with Gasteiger partial charge in [-0.15, -0.1) is 27.1 Å². The van der Waals surface area contributed by atoms with Crippen molar-refractivity contribution in [2.75, 3.05) is 6.61 Å². The average Bonchev–Trinajstić information content (AvgIpc) is 3.02. The van der Waals surface area contributed by atoms with Crippen LogP contribution in [0.2, 0.25) is 0 Å². The second-order valence-corrected chi connectivity index (χ2v) is 7.51. The molecular weight excluding hydrogens is 350 g/mol. The molecule has 0 fully saturated rings. The first-order valence-electron chi connectivity index (χ1n) is 8.46. The van der Waals surface area contributed by atoms with Gasteiger partial charge >= 0.3 is 0 Å². The summed E-state index contributed by atoms with van der Waals surface area (Å²) < 4.78 is 6.97. The number of carbonyl (C=O) groups excluding carboxylic acids is 1. The molecule has 26 heavy (non-hydrogen) atoms. The lowest BCUT2D eigenvalue weighted by Gasteiger charge is -2.07. The van der Waals surface area contributed by atoms with Crippen LogP contribution in [0.25, 0.3) is 5.65 Å². The number of carbonyl (C=O) groups is 1. The molecule has 0 radical (unpaired) electrons. The van der Waals surface area contributed by atoms with Crippen LogP contribution in [-0.4, -0.2) is 37.6 Å². The maximum atomic E-state index is 12.4. The van der Waals surface area contributed by atoms with Crippen LogP contribution in [0.4, 0.5) is 0 Å². The lowest BCUT2D eigenvalue weighted by atomic mass is 10.2. The maximum absolute atomic E-state index is 12.4. The molecule has 0 aliphatic rings. The zero-order valence-electron chi connectivity index (χ0n) is 15.0. The van der Waals surface area contributed by atoms with E-state index >= 15 is 0 Å². The monoisotopic (exact) mass is 371 g/mol. The summed E-state index contributed by atoms with van der Waals surface area (Å²) >= 11 is 1.76. The average molecular weight is 371 g/mol. The Morgan fingerprint density at radius 3 is 2.65 bits per heavy atom. The van der Waals surface area contributed by atoms with Crippen molar-refractivity contribution in [2.24, 2.45) is 0 Å². The highest BCUT2D eigenvalue weighted by atomic mass is 32.2. The molecule has 136 valence electrons.